The average molecular weight is 1280 g/mol. The topological polar surface area (TPSA) is 177 Å². The molecule has 6 fully saturated rings. The van der Waals surface area contributed by atoms with Crippen LogP contribution in [0, 0.1) is 0 Å². The van der Waals surface area contributed by atoms with Crippen molar-refractivity contribution in [1.29, 1.82) is 0 Å². The van der Waals surface area contributed by atoms with E-state index in [0.717, 1.165) is 230 Å². The molecule has 0 radical (unpaired) electrons. The standard InChI is InChI=1S/C72H134N6O12/c1-7-31-73(37-19-13-20-38-73)49-63(79)55-85-61-69(87-57-65(81)51-75(33-9-3)41-23-15-24-42-75)71(89-59-67(83)53-77(35-11-5)45-27-17-28-46-77)72(90-60-68(84)54-78(36-12-6)47-29-18-30-48-78)70(88-58-66(82)52-76(34-10-4)43-25-16-26-44-76)62-86-56-64(80)50-74(32-8-2)39-21-14-22-40-74/h7-12,63-72,79-84H,1-6,13-62H2/q+6. The van der Waals surface area contributed by atoms with Crippen LogP contribution in [0.2, 0.25) is 0 Å². The van der Waals surface area contributed by atoms with Crippen molar-refractivity contribution in [1.82, 2.24) is 0 Å². The number of rotatable bonds is 47. The number of hydrogen-bond donors (Lipinski definition) is 6. The number of aliphatic hydroxyl groups excluding tert-OH is 6. The van der Waals surface area contributed by atoms with Crippen molar-refractivity contribution in [2.45, 2.75) is 177 Å². The third-order valence-corrected chi connectivity index (χ3v) is 21.5. The first-order chi connectivity index (χ1) is 43.5. The van der Waals surface area contributed by atoms with Crippen molar-refractivity contribution in [3.8, 4) is 0 Å². The lowest BCUT2D eigenvalue weighted by Crippen LogP contribution is -2.59. The first kappa shape index (κ1) is 76.7. The third-order valence-electron chi connectivity index (χ3n) is 21.5. The highest BCUT2D eigenvalue weighted by Crippen LogP contribution is 2.29. The van der Waals surface area contributed by atoms with E-state index in [1.807, 2.05) is 36.5 Å². The van der Waals surface area contributed by atoms with Crippen LogP contribution in [0.15, 0.2) is 75.9 Å². The van der Waals surface area contributed by atoms with E-state index < -0.39 is 61.0 Å². The number of likely N-dealkylation sites (tertiary alicyclic amines) is 6. The van der Waals surface area contributed by atoms with Gasteiger partial charge in [0.2, 0.25) is 0 Å². The van der Waals surface area contributed by atoms with Gasteiger partial charge in [-0.05, 0) is 152 Å². The highest BCUT2D eigenvalue weighted by molar-refractivity contribution is 4.89. The van der Waals surface area contributed by atoms with Crippen LogP contribution in [0.1, 0.15) is 116 Å². The molecule has 10 unspecified atom stereocenters. The molecule has 90 heavy (non-hydrogen) atoms. The molecule has 18 nitrogen and oxygen atoms in total. The van der Waals surface area contributed by atoms with Gasteiger partial charge in [-0.25, -0.2) is 0 Å². The Labute approximate surface area is 546 Å². The van der Waals surface area contributed by atoms with Crippen LogP contribution >= 0.6 is 0 Å². The Balaban J connectivity index is 1.43. The van der Waals surface area contributed by atoms with Crippen molar-refractivity contribution in [3.05, 3.63) is 75.9 Å². The van der Waals surface area contributed by atoms with Gasteiger partial charge in [0.25, 0.3) is 0 Å². The lowest BCUT2D eigenvalue weighted by Gasteiger charge is -2.44. The van der Waals surface area contributed by atoms with Gasteiger partial charge in [-0.3, -0.25) is 0 Å². The highest BCUT2D eigenvalue weighted by Gasteiger charge is 2.44. The number of aliphatic hydroxyl groups is 6. The molecule has 0 spiro atoms. The van der Waals surface area contributed by atoms with E-state index in [9.17, 15) is 30.6 Å². The van der Waals surface area contributed by atoms with E-state index in [1.54, 1.807) is 0 Å². The molecule has 6 N–H and O–H groups in total. The SMILES string of the molecule is C=CC[N+]1(CC(O)COCC(OCC(O)C[N+]2(CC=C)CCCCC2)C(OCC(O)C[N+]2(CC=C)CCCCC2)C(OCC(O)C[N+]2(CC=C)CCCCC2)C(COCC(O)C[N+]2(CC=C)CCCCC2)OCC(O)C[N+]2(CC=C)CCCCC2)CCCCC1. The molecule has 6 rings (SSSR count). The lowest BCUT2D eigenvalue weighted by molar-refractivity contribution is -0.930. The van der Waals surface area contributed by atoms with Gasteiger partial charge in [0.05, 0.1) is 171 Å². The van der Waals surface area contributed by atoms with Crippen LogP contribution in [0.25, 0.3) is 0 Å². The Morgan fingerprint density at radius 1 is 0.244 bits per heavy atom. The van der Waals surface area contributed by atoms with E-state index >= 15 is 0 Å². The second kappa shape index (κ2) is 40.3. The summed E-state index contributed by atoms with van der Waals surface area (Å²) in [5.74, 6) is 0. The largest absolute Gasteiger partial charge is 0.385 e. The monoisotopic (exact) mass is 1280 g/mol. The van der Waals surface area contributed by atoms with Gasteiger partial charge < -0.3 is 86.0 Å². The molecular formula is C72H134N6O12+6. The number of hydrogen-bond acceptors (Lipinski definition) is 12. The van der Waals surface area contributed by atoms with Crippen LogP contribution in [0.5, 0.6) is 0 Å². The molecule has 0 aromatic carbocycles. The third kappa shape index (κ3) is 25.4. The number of piperidine rings is 6. The fraction of sp³-hybridized carbons (Fsp3) is 0.833. The van der Waals surface area contributed by atoms with Gasteiger partial charge in [0, 0.05) is 0 Å². The van der Waals surface area contributed by atoms with E-state index in [2.05, 4.69) is 39.5 Å². The maximum absolute atomic E-state index is 12.4. The van der Waals surface area contributed by atoms with Gasteiger partial charge in [-0.2, -0.15) is 0 Å². The Hall–Kier alpha value is -2.28. The van der Waals surface area contributed by atoms with E-state index in [-0.39, 0.29) is 52.9 Å². The quantitative estimate of drug-likeness (QED) is 0.0318. The fourth-order valence-electron chi connectivity index (χ4n) is 17.2. The Kier molecular flexibility index (Phi) is 34.4. The predicted octanol–water partition coefficient (Wildman–Crippen LogP) is 5.85. The molecular weight excluding hydrogens is 1140 g/mol. The molecule has 6 aliphatic rings. The van der Waals surface area contributed by atoms with E-state index in [0.29, 0.717) is 57.2 Å². The zero-order chi connectivity index (χ0) is 64.6. The van der Waals surface area contributed by atoms with Crippen LogP contribution in [-0.4, -0.2) is 329 Å². The van der Waals surface area contributed by atoms with Crippen LogP contribution < -0.4 is 0 Å². The van der Waals surface area contributed by atoms with E-state index in [4.69, 9.17) is 28.4 Å². The second-order valence-electron chi connectivity index (χ2n) is 29.4. The van der Waals surface area contributed by atoms with Gasteiger partial charge >= 0.3 is 0 Å². The van der Waals surface area contributed by atoms with Crippen LogP contribution in [-0.2, 0) is 28.4 Å². The maximum atomic E-state index is 12.4. The highest BCUT2D eigenvalue weighted by atomic mass is 16.6. The summed E-state index contributed by atoms with van der Waals surface area (Å²) in [6.07, 6.45) is 22.0. The summed E-state index contributed by atoms with van der Waals surface area (Å²) >= 11 is 0. The molecule has 0 aromatic rings. The van der Waals surface area contributed by atoms with Crippen molar-refractivity contribution in [2.75, 3.05) is 210 Å². The molecule has 0 bridgehead atoms. The number of nitrogens with zero attached hydrogens (tertiary/aromatic N) is 6. The molecule has 10 atom stereocenters. The normalized spacial score (nSPS) is 24.7. The van der Waals surface area contributed by atoms with E-state index in [1.165, 1.54) is 12.8 Å². The smallest absolute Gasteiger partial charge is 0.126 e. The molecule has 6 aliphatic heterocycles. The Morgan fingerprint density at radius 2 is 0.422 bits per heavy atom. The Morgan fingerprint density at radius 3 is 0.611 bits per heavy atom. The zero-order valence-corrected chi connectivity index (χ0v) is 56.7. The molecule has 0 amide bonds. The summed E-state index contributed by atoms with van der Waals surface area (Å²) in [7, 11) is 0. The maximum Gasteiger partial charge on any atom is 0.126 e. The summed E-state index contributed by atoms with van der Waals surface area (Å²) in [6, 6.07) is 0. The number of quaternary nitrogens is 6. The minimum atomic E-state index is -1.10. The van der Waals surface area contributed by atoms with Crippen molar-refractivity contribution in [2.24, 2.45) is 0 Å². The summed E-state index contributed by atoms with van der Waals surface area (Å²) < 4.78 is 46.4. The first-order valence-corrected chi connectivity index (χ1v) is 36.0. The van der Waals surface area contributed by atoms with Gasteiger partial charge in [-0.1, -0.05) is 39.5 Å². The molecule has 18 heteroatoms. The molecule has 0 aromatic heterocycles. The van der Waals surface area contributed by atoms with Gasteiger partial charge in [-0.15, -0.1) is 0 Å². The van der Waals surface area contributed by atoms with Crippen molar-refractivity contribution < 1.29 is 86.0 Å². The van der Waals surface area contributed by atoms with Crippen LogP contribution in [0.3, 0.4) is 0 Å². The Bertz CT molecular complexity index is 1880. The average Bonchev–Trinajstić information content (AvgIpc) is 2.04. The fourth-order valence-corrected chi connectivity index (χ4v) is 17.2. The molecule has 6 saturated heterocycles. The summed E-state index contributed by atoms with van der Waals surface area (Å²) in [6.45, 7) is 42.6. The van der Waals surface area contributed by atoms with Crippen molar-refractivity contribution >= 4 is 0 Å². The van der Waals surface area contributed by atoms with Gasteiger partial charge in [0.15, 0.2) is 0 Å². The number of ether oxygens (including phenoxy) is 6. The van der Waals surface area contributed by atoms with Gasteiger partial charge in [0.1, 0.15) is 100 Å². The molecule has 0 saturated carbocycles. The molecule has 6 heterocycles. The zero-order valence-electron chi connectivity index (χ0n) is 56.7. The molecule has 0 aliphatic carbocycles. The minimum absolute atomic E-state index is 0.00696. The first-order valence-electron chi connectivity index (χ1n) is 36.0. The van der Waals surface area contributed by atoms with Crippen molar-refractivity contribution in [3.63, 3.8) is 0 Å². The summed E-state index contributed by atoms with van der Waals surface area (Å²) in [4.78, 5) is 0. The second-order valence-corrected chi connectivity index (χ2v) is 29.4. The summed E-state index contributed by atoms with van der Waals surface area (Å²) in [5, 5.41) is 73.2. The molecule has 518 valence electrons. The summed E-state index contributed by atoms with van der Waals surface area (Å²) in [5.41, 5.74) is 0. The minimum Gasteiger partial charge on any atom is -0.385 e. The van der Waals surface area contributed by atoms with Crippen LogP contribution in [0.4, 0.5) is 0 Å². The lowest BCUT2D eigenvalue weighted by atomic mass is 10.0. The predicted molar refractivity (Wildman–Crippen MR) is 359 cm³/mol.